The molecule has 1 aromatic carbocycles. The Labute approximate surface area is 152 Å². The third-order valence-corrected chi connectivity index (χ3v) is 6.83. The number of nitrogens with zero attached hydrogens (tertiary/aromatic N) is 2. The molecule has 0 radical (unpaired) electrons. The molecule has 8 heteroatoms. The highest BCUT2D eigenvalue weighted by molar-refractivity contribution is 7.89. The summed E-state index contributed by atoms with van der Waals surface area (Å²) < 4.78 is 31.8. The topological polar surface area (TPSA) is 71.5 Å². The number of methoxy groups -OCH3 is 1. The molecule has 0 bridgehead atoms. The van der Waals surface area contributed by atoms with Gasteiger partial charge in [-0.1, -0.05) is 12.1 Å². The second-order valence-electron chi connectivity index (χ2n) is 6.17. The first-order valence-corrected chi connectivity index (χ1v) is 10.6. The minimum absolute atomic E-state index is 0.178. The average Bonchev–Trinajstić information content (AvgIpc) is 3.27. The standard InChI is InChI=1S/C17H23N3O3S2/c1-13(11-23-2)18-17-19-16(12-24-17)14-5-7-15(8-6-14)25(21,22)20-9-3-4-10-20/h5-8,12-13H,3-4,9-11H2,1-2H3,(H,18,19)/t13-/m0/s1. The summed E-state index contributed by atoms with van der Waals surface area (Å²) >= 11 is 1.52. The van der Waals surface area contributed by atoms with Crippen LogP contribution in [-0.4, -0.2) is 50.6 Å². The van der Waals surface area contributed by atoms with Gasteiger partial charge in [0.2, 0.25) is 10.0 Å². The summed E-state index contributed by atoms with van der Waals surface area (Å²) in [5.74, 6) is 0. The first-order chi connectivity index (χ1) is 12.0. The SMILES string of the molecule is COC[C@H](C)Nc1nc(-c2ccc(S(=O)(=O)N3CCCC3)cc2)cs1. The molecule has 0 amide bonds. The van der Waals surface area contributed by atoms with E-state index in [1.165, 1.54) is 11.3 Å². The quantitative estimate of drug-likeness (QED) is 0.798. The normalized spacial score (nSPS) is 16.9. The number of rotatable bonds is 7. The molecule has 6 nitrogen and oxygen atoms in total. The molecule has 1 fully saturated rings. The fraction of sp³-hybridized carbons (Fsp3) is 0.471. The van der Waals surface area contributed by atoms with E-state index >= 15 is 0 Å². The van der Waals surface area contributed by atoms with E-state index in [4.69, 9.17) is 4.74 Å². The van der Waals surface area contributed by atoms with E-state index in [1.807, 2.05) is 24.4 Å². The lowest BCUT2D eigenvalue weighted by Crippen LogP contribution is -2.27. The molecule has 0 unspecified atom stereocenters. The Hall–Kier alpha value is -1.48. The largest absolute Gasteiger partial charge is 0.383 e. The summed E-state index contributed by atoms with van der Waals surface area (Å²) in [7, 11) is -1.70. The van der Waals surface area contributed by atoms with E-state index in [-0.39, 0.29) is 6.04 Å². The smallest absolute Gasteiger partial charge is 0.243 e. The zero-order chi connectivity index (χ0) is 17.9. The number of aromatic nitrogens is 1. The van der Waals surface area contributed by atoms with Crippen molar-refractivity contribution in [3.63, 3.8) is 0 Å². The van der Waals surface area contributed by atoms with Crippen molar-refractivity contribution in [2.24, 2.45) is 0 Å². The molecule has 1 atom stereocenters. The lowest BCUT2D eigenvalue weighted by Gasteiger charge is -2.15. The van der Waals surface area contributed by atoms with Crippen LogP contribution in [0.4, 0.5) is 5.13 Å². The van der Waals surface area contributed by atoms with Crippen molar-refractivity contribution in [2.45, 2.75) is 30.7 Å². The number of hydrogen-bond acceptors (Lipinski definition) is 6. The molecule has 3 rings (SSSR count). The number of benzene rings is 1. The lowest BCUT2D eigenvalue weighted by atomic mass is 10.2. The number of nitrogens with one attached hydrogen (secondary N) is 1. The molecule has 0 aliphatic carbocycles. The fourth-order valence-corrected chi connectivity index (χ4v) is 5.20. The summed E-state index contributed by atoms with van der Waals surface area (Å²) in [6, 6.07) is 7.16. The lowest BCUT2D eigenvalue weighted by molar-refractivity contribution is 0.190. The van der Waals surface area contributed by atoms with Crippen molar-refractivity contribution in [3.05, 3.63) is 29.6 Å². The van der Waals surface area contributed by atoms with E-state index in [0.29, 0.717) is 24.6 Å². The van der Waals surface area contributed by atoms with Crippen molar-refractivity contribution in [1.29, 1.82) is 0 Å². The van der Waals surface area contributed by atoms with E-state index in [9.17, 15) is 8.42 Å². The molecule has 1 aliphatic heterocycles. The molecule has 136 valence electrons. The van der Waals surface area contributed by atoms with E-state index in [0.717, 1.165) is 29.2 Å². The molecule has 1 N–H and O–H groups in total. The fourth-order valence-electron chi connectivity index (χ4n) is 2.85. The van der Waals surface area contributed by atoms with Gasteiger partial charge in [-0.3, -0.25) is 0 Å². The minimum Gasteiger partial charge on any atom is -0.383 e. The molecule has 25 heavy (non-hydrogen) atoms. The molecule has 1 saturated heterocycles. The molecule has 2 aromatic rings. The van der Waals surface area contributed by atoms with Gasteiger partial charge in [0.25, 0.3) is 0 Å². The highest BCUT2D eigenvalue weighted by Gasteiger charge is 2.26. The molecule has 0 saturated carbocycles. The van der Waals surface area contributed by atoms with Gasteiger partial charge in [0.1, 0.15) is 0 Å². The maximum atomic E-state index is 12.6. The van der Waals surface area contributed by atoms with Crippen LogP contribution in [0.1, 0.15) is 19.8 Å². The van der Waals surface area contributed by atoms with Gasteiger partial charge >= 0.3 is 0 Å². The van der Waals surface area contributed by atoms with E-state index in [1.54, 1.807) is 23.5 Å². The number of thiazole rings is 1. The molecular weight excluding hydrogens is 358 g/mol. The van der Waals surface area contributed by atoms with Crippen molar-refractivity contribution >= 4 is 26.5 Å². The van der Waals surface area contributed by atoms with Gasteiger partial charge in [0, 0.05) is 37.2 Å². The summed E-state index contributed by atoms with van der Waals surface area (Å²) in [6.45, 7) is 3.87. The Bertz CT molecular complexity index is 797. The zero-order valence-electron chi connectivity index (χ0n) is 14.4. The third kappa shape index (κ3) is 4.20. The molecule has 0 spiro atoms. The van der Waals surface area contributed by atoms with Crippen LogP contribution in [-0.2, 0) is 14.8 Å². The number of anilines is 1. The highest BCUT2D eigenvalue weighted by atomic mass is 32.2. The van der Waals surface area contributed by atoms with Crippen molar-refractivity contribution in [1.82, 2.24) is 9.29 Å². The second kappa shape index (κ2) is 7.82. The average molecular weight is 382 g/mol. The third-order valence-electron chi connectivity index (χ3n) is 4.14. The summed E-state index contributed by atoms with van der Waals surface area (Å²) in [5, 5.41) is 6.08. The van der Waals surface area contributed by atoms with Gasteiger partial charge in [-0.2, -0.15) is 4.31 Å². The first kappa shape index (κ1) is 18.3. The zero-order valence-corrected chi connectivity index (χ0v) is 16.1. The van der Waals surface area contributed by atoms with Crippen molar-refractivity contribution < 1.29 is 13.2 Å². The maximum absolute atomic E-state index is 12.6. The van der Waals surface area contributed by atoms with Crippen LogP contribution in [0.15, 0.2) is 34.5 Å². The molecule has 1 aliphatic rings. The van der Waals surface area contributed by atoms with Gasteiger partial charge in [0.05, 0.1) is 17.2 Å². The monoisotopic (exact) mass is 381 g/mol. The van der Waals surface area contributed by atoms with Crippen LogP contribution < -0.4 is 5.32 Å². The maximum Gasteiger partial charge on any atom is 0.243 e. The number of sulfonamides is 1. The van der Waals surface area contributed by atoms with Crippen molar-refractivity contribution in [3.8, 4) is 11.3 Å². The molecular formula is C17H23N3O3S2. The predicted molar refractivity (Wildman–Crippen MR) is 101 cm³/mol. The molecule has 1 aromatic heterocycles. The first-order valence-electron chi connectivity index (χ1n) is 8.32. The van der Waals surface area contributed by atoms with Crippen LogP contribution in [0.5, 0.6) is 0 Å². The van der Waals surface area contributed by atoms with Crippen LogP contribution >= 0.6 is 11.3 Å². The van der Waals surface area contributed by atoms with E-state index < -0.39 is 10.0 Å². The van der Waals surface area contributed by atoms with Gasteiger partial charge in [-0.25, -0.2) is 13.4 Å². The number of hydrogen-bond donors (Lipinski definition) is 1. The minimum atomic E-state index is -3.37. The van der Waals surface area contributed by atoms with Gasteiger partial charge in [0.15, 0.2) is 5.13 Å². The van der Waals surface area contributed by atoms with Crippen molar-refractivity contribution in [2.75, 3.05) is 32.1 Å². The predicted octanol–water partition coefficient (Wildman–Crippen LogP) is 3.04. The van der Waals surface area contributed by atoms with Crippen LogP contribution in [0.25, 0.3) is 11.3 Å². The van der Waals surface area contributed by atoms with Gasteiger partial charge in [-0.05, 0) is 31.9 Å². The van der Waals surface area contributed by atoms with E-state index in [2.05, 4.69) is 10.3 Å². The van der Waals surface area contributed by atoms with Gasteiger partial charge in [-0.15, -0.1) is 11.3 Å². The van der Waals surface area contributed by atoms with Crippen LogP contribution in [0.2, 0.25) is 0 Å². The molecule has 2 heterocycles. The Balaban J connectivity index is 1.73. The van der Waals surface area contributed by atoms with Crippen LogP contribution in [0.3, 0.4) is 0 Å². The Morgan fingerprint density at radius 3 is 2.60 bits per heavy atom. The summed E-state index contributed by atoms with van der Waals surface area (Å²) in [4.78, 5) is 4.91. The summed E-state index contributed by atoms with van der Waals surface area (Å²) in [6.07, 6.45) is 1.88. The Morgan fingerprint density at radius 2 is 1.96 bits per heavy atom. The van der Waals surface area contributed by atoms with Gasteiger partial charge < -0.3 is 10.1 Å². The summed E-state index contributed by atoms with van der Waals surface area (Å²) in [5.41, 5.74) is 1.74. The highest BCUT2D eigenvalue weighted by Crippen LogP contribution is 2.27. The van der Waals surface area contributed by atoms with Crippen LogP contribution in [0, 0.1) is 0 Å². The second-order valence-corrected chi connectivity index (χ2v) is 8.97. The number of ether oxygens (including phenoxy) is 1. The Morgan fingerprint density at radius 1 is 1.28 bits per heavy atom. The Kier molecular flexibility index (Phi) is 5.73.